The summed E-state index contributed by atoms with van der Waals surface area (Å²) in [4.78, 5) is 24.5. The molecule has 0 spiro atoms. The van der Waals surface area contributed by atoms with Crippen molar-refractivity contribution in [1.29, 1.82) is 0 Å². The second-order valence-electron chi connectivity index (χ2n) is 6.80. The van der Waals surface area contributed by atoms with Gasteiger partial charge in [-0.3, -0.25) is 9.59 Å². The number of benzene rings is 2. The Balaban J connectivity index is 1.44. The fourth-order valence-electron chi connectivity index (χ4n) is 2.90. The van der Waals surface area contributed by atoms with Gasteiger partial charge in [0.05, 0.1) is 7.11 Å². The lowest BCUT2D eigenvalue weighted by atomic mass is 9.98. The summed E-state index contributed by atoms with van der Waals surface area (Å²) in [6.07, 6.45) is 0.902. The number of amides is 2. The SMILES string of the molecule is COc1cccc(C(=O)NCCc2nnc(NC(=O)CC(C)c3ccccc3)s2)c1. The molecule has 156 valence electrons. The van der Waals surface area contributed by atoms with Crippen LogP contribution in [0.3, 0.4) is 0 Å². The van der Waals surface area contributed by atoms with Crippen LogP contribution in [0.1, 0.15) is 40.2 Å². The van der Waals surface area contributed by atoms with Crippen molar-refractivity contribution in [1.82, 2.24) is 15.5 Å². The van der Waals surface area contributed by atoms with E-state index in [1.807, 2.05) is 37.3 Å². The van der Waals surface area contributed by atoms with Crippen LogP contribution in [0.15, 0.2) is 54.6 Å². The molecule has 0 saturated heterocycles. The maximum Gasteiger partial charge on any atom is 0.251 e. The maximum absolute atomic E-state index is 12.3. The van der Waals surface area contributed by atoms with E-state index in [9.17, 15) is 9.59 Å². The van der Waals surface area contributed by atoms with Gasteiger partial charge in [0.25, 0.3) is 5.91 Å². The minimum Gasteiger partial charge on any atom is -0.497 e. The highest BCUT2D eigenvalue weighted by molar-refractivity contribution is 7.15. The van der Waals surface area contributed by atoms with E-state index in [0.29, 0.717) is 35.8 Å². The van der Waals surface area contributed by atoms with Crippen molar-refractivity contribution in [2.24, 2.45) is 0 Å². The predicted octanol–water partition coefficient (Wildman–Crippen LogP) is 3.65. The summed E-state index contributed by atoms with van der Waals surface area (Å²) in [5, 5.41) is 15.0. The molecule has 0 bridgehead atoms. The third kappa shape index (κ3) is 6.12. The van der Waals surface area contributed by atoms with Crippen molar-refractivity contribution in [3.63, 3.8) is 0 Å². The average Bonchev–Trinajstić information content (AvgIpc) is 3.21. The molecule has 0 aliphatic heterocycles. The number of carbonyl (C=O) groups is 2. The lowest BCUT2D eigenvalue weighted by Gasteiger charge is -2.10. The number of rotatable bonds is 9. The molecule has 0 aliphatic carbocycles. The topological polar surface area (TPSA) is 93.2 Å². The molecule has 2 N–H and O–H groups in total. The average molecular weight is 425 g/mol. The van der Waals surface area contributed by atoms with Crippen molar-refractivity contribution in [2.75, 3.05) is 19.0 Å². The Morgan fingerprint density at radius 3 is 2.67 bits per heavy atom. The zero-order valence-electron chi connectivity index (χ0n) is 16.9. The van der Waals surface area contributed by atoms with Crippen molar-refractivity contribution < 1.29 is 14.3 Å². The van der Waals surface area contributed by atoms with Crippen LogP contribution in [0.25, 0.3) is 0 Å². The molecule has 2 amide bonds. The van der Waals surface area contributed by atoms with Crippen molar-refractivity contribution in [3.05, 3.63) is 70.7 Å². The van der Waals surface area contributed by atoms with Gasteiger partial charge in [-0.25, -0.2) is 0 Å². The van der Waals surface area contributed by atoms with Gasteiger partial charge in [-0.2, -0.15) is 0 Å². The van der Waals surface area contributed by atoms with Gasteiger partial charge in [-0.1, -0.05) is 54.7 Å². The quantitative estimate of drug-likeness (QED) is 0.547. The highest BCUT2D eigenvalue weighted by atomic mass is 32.1. The van der Waals surface area contributed by atoms with Gasteiger partial charge < -0.3 is 15.4 Å². The highest BCUT2D eigenvalue weighted by Crippen LogP contribution is 2.21. The van der Waals surface area contributed by atoms with Gasteiger partial charge in [0.2, 0.25) is 11.0 Å². The molecule has 2 aromatic carbocycles. The largest absolute Gasteiger partial charge is 0.497 e. The van der Waals surface area contributed by atoms with E-state index in [1.165, 1.54) is 11.3 Å². The number of carbonyl (C=O) groups excluding carboxylic acids is 2. The second-order valence-corrected chi connectivity index (χ2v) is 7.86. The van der Waals surface area contributed by atoms with E-state index in [0.717, 1.165) is 10.6 Å². The van der Waals surface area contributed by atoms with Crippen LogP contribution >= 0.6 is 11.3 Å². The van der Waals surface area contributed by atoms with E-state index < -0.39 is 0 Å². The third-order valence-electron chi connectivity index (χ3n) is 4.53. The summed E-state index contributed by atoms with van der Waals surface area (Å²) in [6.45, 7) is 2.44. The molecule has 0 radical (unpaired) electrons. The second kappa shape index (κ2) is 10.5. The summed E-state index contributed by atoms with van der Waals surface area (Å²) in [5.74, 6) is 0.473. The molecular weight excluding hydrogens is 400 g/mol. The number of nitrogens with one attached hydrogen (secondary N) is 2. The van der Waals surface area contributed by atoms with Crippen molar-refractivity contribution in [2.45, 2.75) is 25.7 Å². The molecule has 8 heteroatoms. The molecular formula is C22H24N4O3S. The van der Waals surface area contributed by atoms with Gasteiger partial charge >= 0.3 is 0 Å². The van der Waals surface area contributed by atoms with E-state index in [2.05, 4.69) is 20.8 Å². The first-order chi connectivity index (χ1) is 14.5. The predicted molar refractivity (Wildman–Crippen MR) is 117 cm³/mol. The van der Waals surface area contributed by atoms with E-state index in [4.69, 9.17) is 4.74 Å². The standard InChI is InChI=1S/C22H24N4O3S/c1-15(16-7-4-3-5-8-16)13-19(27)24-22-26-25-20(30-22)11-12-23-21(28)17-9-6-10-18(14-17)29-2/h3-10,14-15H,11-13H2,1-2H3,(H,23,28)(H,24,26,27). The lowest BCUT2D eigenvalue weighted by Crippen LogP contribution is -2.25. The summed E-state index contributed by atoms with van der Waals surface area (Å²) in [6, 6.07) is 16.9. The molecule has 30 heavy (non-hydrogen) atoms. The van der Waals surface area contributed by atoms with Crippen molar-refractivity contribution >= 4 is 28.3 Å². The Kier molecular flexibility index (Phi) is 7.51. The zero-order chi connectivity index (χ0) is 21.3. The maximum atomic E-state index is 12.3. The zero-order valence-corrected chi connectivity index (χ0v) is 17.7. The third-order valence-corrected chi connectivity index (χ3v) is 5.43. The van der Waals surface area contributed by atoms with Gasteiger partial charge in [0, 0.05) is 24.9 Å². The number of ether oxygens (including phenoxy) is 1. The number of hydrogen-bond acceptors (Lipinski definition) is 6. The van der Waals surface area contributed by atoms with E-state index in [1.54, 1.807) is 31.4 Å². The molecule has 0 fully saturated rings. The minimum atomic E-state index is -0.179. The van der Waals surface area contributed by atoms with Crippen LogP contribution in [0, 0.1) is 0 Å². The Morgan fingerprint density at radius 2 is 1.90 bits per heavy atom. The first-order valence-corrected chi connectivity index (χ1v) is 10.5. The fraction of sp³-hybridized carbons (Fsp3) is 0.273. The molecule has 1 atom stereocenters. The molecule has 7 nitrogen and oxygen atoms in total. The molecule has 3 rings (SSSR count). The Labute approximate surface area is 179 Å². The monoisotopic (exact) mass is 424 g/mol. The molecule has 1 heterocycles. The van der Waals surface area contributed by atoms with Crippen LogP contribution in [0.2, 0.25) is 0 Å². The summed E-state index contributed by atoms with van der Waals surface area (Å²) in [5.41, 5.74) is 1.66. The molecule has 1 aromatic heterocycles. The normalized spacial score (nSPS) is 11.5. The van der Waals surface area contributed by atoms with Gasteiger partial charge in [0.1, 0.15) is 10.8 Å². The number of anilines is 1. The lowest BCUT2D eigenvalue weighted by molar-refractivity contribution is -0.116. The highest BCUT2D eigenvalue weighted by Gasteiger charge is 2.14. The smallest absolute Gasteiger partial charge is 0.251 e. The van der Waals surface area contributed by atoms with Gasteiger partial charge in [0.15, 0.2) is 0 Å². The van der Waals surface area contributed by atoms with Crippen LogP contribution < -0.4 is 15.4 Å². The molecule has 0 aliphatic rings. The molecule has 1 unspecified atom stereocenters. The number of hydrogen-bond donors (Lipinski definition) is 2. The van der Waals surface area contributed by atoms with Crippen LogP contribution in [0.5, 0.6) is 5.75 Å². The van der Waals surface area contributed by atoms with Gasteiger partial charge in [-0.15, -0.1) is 10.2 Å². The first-order valence-electron chi connectivity index (χ1n) is 9.64. The van der Waals surface area contributed by atoms with Crippen LogP contribution in [-0.4, -0.2) is 35.7 Å². The minimum absolute atomic E-state index is 0.0969. The summed E-state index contributed by atoms with van der Waals surface area (Å²) >= 11 is 1.31. The Morgan fingerprint density at radius 1 is 1.10 bits per heavy atom. The Hall–Kier alpha value is -3.26. The Bertz CT molecular complexity index is 991. The van der Waals surface area contributed by atoms with E-state index >= 15 is 0 Å². The fourth-order valence-corrected chi connectivity index (χ4v) is 3.66. The summed E-state index contributed by atoms with van der Waals surface area (Å²) in [7, 11) is 1.56. The van der Waals surface area contributed by atoms with Crippen LogP contribution in [0.4, 0.5) is 5.13 Å². The van der Waals surface area contributed by atoms with Crippen molar-refractivity contribution in [3.8, 4) is 5.75 Å². The molecule has 0 saturated carbocycles. The number of methoxy groups -OCH3 is 1. The van der Waals surface area contributed by atoms with Crippen LogP contribution in [-0.2, 0) is 11.2 Å². The first kappa shape index (κ1) is 21.4. The summed E-state index contributed by atoms with van der Waals surface area (Å²) < 4.78 is 5.13. The number of nitrogens with zero attached hydrogens (tertiary/aromatic N) is 2. The van der Waals surface area contributed by atoms with E-state index in [-0.39, 0.29) is 17.7 Å². The van der Waals surface area contributed by atoms with Gasteiger partial charge in [-0.05, 0) is 29.7 Å². The molecule has 3 aromatic rings. The number of aromatic nitrogens is 2.